The third kappa shape index (κ3) is 5.32. The Morgan fingerprint density at radius 3 is 2.52 bits per heavy atom. The van der Waals surface area contributed by atoms with Crippen LogP contribution in [0.4, 0.5) is 18.9 Å². The topological polar surface area (TPSA) is 75.9 Å². The van der Waals surface area contributed by atoms with Gasteiger partial charge in [0.2, 0.25) is 0 Å². The number of amides is 1. The lowest BCUT2D eigenvalue weighted by atomic mass is 10.1. The van der Waals surface area contributed by atoms with Gasteiger partial charge in [0.05, 0.1) is 35.5 Å². The number of carbonyl (C=O) groups excluding carboxylic acids is 1. The molecular formula is C20H20ClF3N6O. The van der Waals surface area contributed by atoms with Crippen LogP contribution in [0, 0.1) is 0 Å². The molecule has 0 aliphatic rings. The van der Waals surface area contributed by atoms with Crippen LogP contribution in [0.2, 0.25) is 5.02 Å². The zero-order chi connectivity index (χ0) is 22.6. The Bertz CT molecular complexity index is 1020. The van der Waals surface area contributed by atoms with Crippen molar-refractivity contribution in [1.29, 1.82) is 0 Å². The highest BCUT2D eigenvalue weighted by atomic mass is 35.5. The van der Waals surface area contributed by atoms with E-state index in [1.54, 1.807) is 30.1 Å². The van der Waals surface area contributed by atoms with Crippen LogP contribution in [0.1, 0.15) is 29.4 Å². The molecule has 3 rings (SSSR count). The van der Waals surface area contributed by atoms with Crippen molar-refractivity contribution in [1.82, 2.24) is 24.9 Å². The fourth-order valence-corrected chi connectivity index (χ4v) is 3.18. The van der Waals surface area contributed by atoms with Crippen molar-refractivity contribution in [2.45, 2.75) is 25.6 Å². The molecule has 7 nitrogen and oxygen atoms in total. The van der Waals surface area contributed by atoms with Gasteiger partial charge in [-0.25, -0.2) is 4.98 Å². The Balaban J connectivity index is 1.74. The van der Waals surface area contributed by atoms with Crippen molar-refractivity contribution in [3.05, 3.63) is 65.2 Å². The van der Waals surface area contributed by atoms with E-state index in [1.165, 1.54) is 23.3 Å². The third-order valence-corrected chi connectivity index (χ3v) is 4.99. The number of rotatable bonds is 7. The van der Waals surface area contributed by atoms with Gasteiger partial charge in [0.1, 0.15) is 5.69 Å². The van der Waals surface area contributed by atoms with E-state index in [-0.39, 0.29) is 11.9 Å². The summed E-state index contributed by atoms with van der Waals surface area (Å²) in [5.74, 6) is -0.283. The van der Waals surface area contributed by atoms with Crippen molar-refractivity contribution >= 4 is 23.2 Å². The minimum atomic E-state index is -4.49. The van der Waals surface area contributed by atoms with Crippen LogP contribution >= 0.6 is 11.6 Å². The Hall–Kier alpha value is -3.14. The van der Waals surface area contributed by atoms with Crippen molar-refractivity contribution in [3.8, 4) is 5.69 Å². The number of hydrogen-bond acceptors (Lipinski definition) is 5. The molecule has 0 saturated carbocycles. The highest BCUT2D eigenvalue weighted by molar-refractivity contribution is 6.31. The van der Waals surface area contributed by atoms with Gasteiger partial charge < -0.3 is 10.2 Å². The number of benzene rings is 1. The van der Waals surface area contributed by atoms with Crippen molar-refractivity contribution in [2.75, 3.05) is 18.9 Å². The Morgan fingerprint density at radius 1 is 1.23 bits per heavy atom. The Labute approximate surface area is 181 Å². The molecule has 0 saturated heterocycles. The molecular weight excluding hydrogens is 433 g/mol. The summed E-state index contributed by atoms with van der Waals surface area (Å²) in [6.07, 6.45) is 0.247. The molecule has 2 aromatic heterocycles. The van der Waals surface area contributed by atoms with Gasteiger partial charge >= 0.3 is 6.18 Å². The number of pyridine rings is 1. The molecule has 3 aromatic rings. The van der Waals surface area contributed by atoms with Crippen molar-refractivity contribution in [3.63, 3.8) is 0 Å². The maximum Gasteiger partial charge on any atom is 0.433 e. The number of halogens is 4. The second-order valence-corrected chi connectivity index (χ2v) is 7.21. The largest absolute Gasteiger partial charge is 0.433 e. The van der Waals surface area contributed by atoms with Gasteiger partial charge in [-0.2, -0.15) is 28.2 Å². The summed E-state index contributed by atoms with van der Waals surface area (Å²) in [5.41, 5.74) is 0.288. The lowest BCUT2D eigenvalue weighted by molar-refractivity contribution is -0.141. The molecule has 11 heteroatoms. The molecule has 0 aliphatic heterocycles. The van der Waals surface area contributed by atoms with E-state index >= 15 is 0 Å². The number of carbonyl (C=O) groups is 1. The fraction of sp³-hybridized carbons (Fsp3) is 0.300. The minimum absolute atomic E-state index is 0.243. The quantitative estimate of drug-likeness (QED) is 0.578. The SMILES string of the molecule is CC[C@@H](CNc1ccc(C(F)(F)F)nc1)N(C)C(=O)c1cc(Cl)ccc1-n1nccn1. The normalized spacial score (nSPS) is 12.5. The number of anilines is 1. The number of aromatic nitrogens is 4. The number of nitrogens with one attached hydrogen (secondary N) is 1. The molecule has 0 bridgehead atoms. The summed E-state index contributed by atoms with van der Waals surface area (Å²) in [4.78, 5) is 19.5. The van der Waals surface area contributed by atoms with Crippen LogP contribution in [0.5, 0.6) is 0 Å². The maximum absolute atomic E-state index is 13.2. The summed E-state index contributed by atoms with van der Waals surface area (Å²) in [6.45, 7) is 2.23. The molecule has 164 valence electrons. The van der Waals surface area contributed by atoms with Crippen LogP contribution in [0.25, 0.3) is 5.69 Å². The van der Waals surface area contributed by atoms with E-state index in [1.807, 2.05) is 6.92 Å². The number of nitrogens with zero attached hydrogens (tertiary/aromatic N) is 5. The number of hydrogen-bond donors (Lipinski definition) is 1. The summed E-state index contributed by atoms with van der Waals surface area (Å²) in [6, 6.07) is 6.84. The molecule has 0 unspecified atom stereocenters. The van der Waals surface area contributed by atoms with Crippen LogP contribution in [-0.2, 0) is 6.18 Å². The monoisotopic (exact) mass is 452 g/mol. The molecule has 0 radical (unpaired) electrons. The van der Waals surface area contributed by atoms with Gasteiger partial charge in [0.15, 0.2) is 0 Å². The van der Waals surface area contributed by atoms with Gasteiger partial charge in [0.25, 0.3) is 5.91 Å². The highest BCUT2D eigenvalue weighted by Crippen LogP contribution is 2.28. The van der Waals surface area contributed by atoms with Gasteiger partial charge in [-0.05, 0) is 36.8 Å². The van der Waals surface area contributed by atoms with Gasteiger partial charge in [-0.3, -0.25) is 4.79 Å². The lowest BCUT2D eigenvalue weighted by Gasteiger charge is -2.28. The average molecular weight is 453 g/mol. The van der Waals surface area contributed by atoms with Crippen LogP contribution < -0.4 is 5.32 Å². The van der Waals surface area contributed by atoms with Gasteiger partial charge in [0, 0.05) is 24.7 Å². The third-order valence-electron chi connectivity index (χ3n) is 4.76. The molecule has 0 aliphatic carbocycles. The molecule has 31 heavy (non-hydrogen) atoms. The van der Waals surface area contributed by atoms with E-state index in [0.717, 1.165) is 12.3 Å². The zero-order valence-electron chi connectivity index (χ0n) is 16.8. The van der Waals surface area contributed by atoms with E-state index in [9.17, 15) is 18.0 Å². The maximum atomic E-state index is 13.2. The summed E-state index contributed by atoms with van der Waals surface area (Å²) in [7, 11) is 1.66. The standard InChI is InChI=1S/C20H20ClF3N6O/c1-3-15(12-25-14-5-7-18(26-11-14)20(22,23)24)29(2)19(31)16-10-13(21)4-6-17(16)30-27-8-9-28-30/h4-11,15,25H,3,12H2,1-2H3/t15-/m0/s1. The first-order valence-electron chi connectivity index (χ1n) is 9.41. The summed E-state index contributed by atoms with van der Waals surface area (Å²) < 4.78 is 38.0. The summed E-state index contributed by atoms with van der Waals surface area (Å²) >= 11 is 6.11. The minimum Gasteiger partial charge on any atom is -0.382 e. The second-order valence-electron chi connectivity index (χ2n) is 6.77. The average Bonchev–Trinajstić information content (AvgIpc) is 3.27. The molecule has 0 spiro atoms. The van der Waals surface area contributed by atoms with Gasteiger partial charge in [-0.15, -0.1) is 0 Å². The molecule has 1 atom stereocenters. The van der Waals surface area contributed by atoms with Gasteiger partial charge in [-0.1, -0.05) is 18.5 Å². The summed E-state index contributed by atoms with van der Waals surface area (Å²) in [5, 5.41) is 11.6. The number of alkyl halides is 3. The first-order chi connectivity index (χ1) is 14.7. The number of likely N-dealkylation sites (N-methyl/N-ethyl adjacent to an activating group) is 1. The first-order valence-corrected chi connectivity index (χ1v) is 9.79. The van der Waals surface area contributed by atoms with Crippen LogP contribution in [0.15, 0.2) is 48.9 Å². The lowest BCUT2D eigenvalue weighted by Crippen LogP contribution is -2.41. The van der Waals surface area contributed by atoms with Crippen LogP contribution in [-0.4, -0.2) is 50.4 Å². The van der Waals surface area contributed by atoms with E-state index < -0.39 is 11.9 Å². The molecule has 0 fully saturated rings. The molecule has 1 aromatic carbocycles. The van der Waals surface area contributed by atoms with Crippen molar-refractivity contribution < 1.29 is 18.0 Å². The predicted octanol–water partition coefficient (Wildman–Crippen LogP) is 4.30. The Kier molecular flexibility index (Phi) is 6.79. The second kappa shape index (κ2) is 9.34. The predicted molar refractivity (Wildman–Crippen MR) is 110 cm³/mol. The molecule has 1 N–H and O–H groups in total. The van der Waals surface area contributed by atoms with E-state index in [4.69, 9.17) is 11.6 Å². The molecule has 2 heterocycles. The fourth-order valence-electron chi connectivity index (χ4n) is 3.01. The zero-order valence-corrected chi connectivity index (χ0v) is 17.5. The van der Waals surface area contributed by atoms with E-state index in [0.29, 0.717) is 34.9 Å². The molecule has 1 amide bonds. The smallest absolute Gasteiger partial charge is 0.382 e. The van der Waals surface area contributed by atoms with Crippen LogP contribution in [0.3, 0.4) is 0 Å². The highest BCUT2D eigenvalue weighted by Gasteiger charge is 2.32. The Morgan fingerprint density at radius 2 is 1.94 bits per heavy atom. The van der Waals surface area contributed by atoms with E-state index in [2.05, 4.69) is 20.5 Å². The van der Waals surface area contributed by atoms with Crippen molar-refractivity contribution in [2.24, 2.45) is 0 Å². The first kappa shape index (κ1) is 22.5.